The number of esters is 1. The molecule has 31 heavy (non-hydrogen) atoms. The second-order valence-corrected chi connectivity index (χ2v) is 7.76. The molecule has 2 N–H and O–H groups in total. The number of aromatic hydroxyl groups is 1. The van der Waals surface area contributed by atoms with Gasteiger partial charge < -0.3 is 19.5 Å². The lowest BCUT2D eigenvalue weighted by Gasteiger charge is -2.34. The van der Waals surface area contributed by atoms with Gasteiger partial charge in [0.15, 0.2) is 0 Å². The minimum Gasteiger partial charge on any atom is -0.508 e. The molecule has 4 rings (SSSR count). The van der Waals surface area contributed by atoms with Gasteiger partial charge in [0.25, 0.3) is 0 Å². The summed E-state index contributed by atoms with van der Waals surface area (Å²) in [4.78, 5) is 17.6. The number of benzene rings is 2. The summed E-state index contributed by atoms with van der Waals surface area (Å²) >= 11 is 0. The van der Waals surface area contributed by atoms with Crippen LogP contribution >= 0.6 is 0 Å². The van der Waals surface area contributed by atoms with E-state index in [1.54, 1.807) is 19.1 Å². The molecule has 7 nitrogen and oxygen atoms in total. The highest BCUT2D eigenvalue weighted by Gasteiger charge is 2.27. The van der Waals surface area contributed by atoms with Gasteiger partial charge in [0.05, 0.1) is 30.0 Å². The summed E-state index contributed by atoms with van der Waals surface area (Å²) in [5.41, 5.74) is 3.19. The molecular weight excluding hydrogens is 394 g/mol. The maximum atomic E-state index is 13.0. The highest BCUT2D eigenvalue weighted by molar-refractivity contribution is 6.07. The van der Waals surface area contributed by atoms with E-state index in [-0.39, 0.29) is 24.9 Å². The fourth-order valence-corrected chi connectivity index (χ4v) is 4.31. The molecule has 1 fully saturated rings. The molecule has 0 bridgehead atoms. The van der Waals surface area contributed by atoms with Crippen molar-refractivity contribution in [2.45, 2.75) is 13.5 Å². The number of aliphatic hydroxyl groups excluding tert-OH is 1. The van der Waals surface area contributed by atoms with Crippen molar-refractivity contribution in [1.82, 2.24) is 14.4 Å². The number of β-amino-alcohol motifs (C(OH)–C–C–N with tert-alkyl or cyclic N) is 1. The number of phenolic OH excluding ortho intramolecular Hbond substituents is 1. The molecule has 0 aliphatic carbocycles. The Morgan fingerprint density at radius 3 is 2.42 bits per heavy atom. The van der Waals surface area contributed by atoms with Crippen LogP contribution in [-0.2, 0) is 11.3 Å². The summed E-state index contributed by atoms with van der Waals surface area (Å²) in [6.07, 6.45) is 0. The van der Waals surface area contributed by atoms with E-state index in [0.29, 0.717) is 24.0 Å². The SMILES string of the molecule is CCOC(=O)c1c(CN2CCN(CCO)CC2)n(-c2ccccc2)c2ccc(O)cc12. The summed E-state index contributed by atoms with van der Waals surface area (Å²) in [5.74, 6) is -0.255. The smallest absolute Gasteiger partial charge is 0.340 e. The van der Waals surface area contributed by atoms with Gasteiger partial charge >= 0.3 is 5.97 Å². The molecular formula is C24H29N3O4. The Kier molecular flexibility index (Phi) is 6.56. The summed E-state index contributed by atoms with van der Waals surface area (Å²) < 4.78 is 7.51. The lowest BCUT2D eigenvalue weighted by atomic mass is 10.1. The zero-order valence-electron chi connectivity index (χ0n) is 17.8. The monoisotopic (exact) mass is 423 g/mol. The van der Waals surface area contributed by atoms with E-state index in [0.717, 1.165) is 43.1 Å². The number of rotatable bonds is 7. The van der Waals surface area contributed by atoms with E-state index >= 15 is 0 Å². The van der Waals surface area contributed by atoms with Crippen molar-refractivity contribution >= 4 is 16.9 Å². The predicted molar refractivity (Wildman–Crippen MR) is 120 cm³/mol. The lowest BCUT2D eigenvalue weighted by Crippen LogP contribution is -2.47. The quantitative estimate of drug-likeness (QED) is 0.569. The molecule has 2 aromatic carbocycles. The van der Waals surface area contributed by atoms with Crippen LogP contribution in [-0.4, -0.2) is 76.5 Å². The number of hydrogen-bond acceptors (Lipinski definition) is 6. The number of ether oxygens (including phenoxy) is 1. The van der Waals surface area contributed by atoms with Gasteiger partial charge in [0, 0.05) is 50.3 Å². The van der Waals surface area contributed by atoms with Crippen molar-refractivity contribution in [2.75, 3.05) is 45.9 Å². The number of piperazine rings is 1. The topological polar surface area (TPSA) is 78.2 Å². The van der Waals surface area contributed by atoms with E-state index in [9.17, 15) is 15.0 Å². The van der Waals surface area contributed by atoms with Gasteiger partial charge in [-0.15, -0.1) is 0 Å². The van der Waals surface area contributed by atoms with E-state index < -0.39 is 0 Å². The molecule has 7 heteroatoms. The van der Waals surface area contributed by atoms with Gasteiger partial charge in [-0.2, -0.15) is 0 Å². The molecule has 0 amide bonds. The standard InChI is InChI=1S/C24H29N3O4/c1-2-31-24(30)23-20-16-19(29)8-9-21(20)27(18-6-4-3-5-7-18)22(23)17-26-12-10-25(11-13-26)14-15-28/h3-9,16,28-29H,2,10-15,17H2,1H3. The fourth-order valence-electron chi connectivity index (χ4n) is 4.31. The molecule has 1 aromatic heterocycles. The van der Waals surface area contributed by atoms with Crippen LogP contribution in [0.25, 0.3) is 16.6 Å². The van der Waals surface area contributed by atoms with Crippen molar-refractivity contribution in [3.05, 3.63) is 59.8 Å². The first kappa shape index (κ1) is 21.4. The molecule has 164 valence electrons. The van der Waals surface area contributed by atoms with Crippen LogP contribution in [0, 0.1) is 0 Å². The third-order valence-electron chi connectivity index (χ3n) is 5.80. The Morgan fingerprint density at radius 1 is 1.03 bits per heavy atom. The summed E-state index contributed by atoms with van der Waals surface area (Å²) in [5, 5.41) is 20.0. The van der Waals surface area contributed by atoms with Gasteiger partial charge in [0.2, 0.25) is 0 Å². The summed E-state index contributed by atoms with van der Waals surface area (Å²) in [7, 11) is 0. The summed E-state index contributed by atoms with van der Waals surface area (Å²) in [6.45, 7) is 6.98. The number of para-hydroxylation sites is 1. The van der Waals surface area contributed by atoms with Gasteiger partial charge in [-0.3, -0.25) is 9.80 Å². The Labute approximate surface area is 182 Å². The highest BCUT2D eigenvalue weighted by atomic mass is 16.5. The molecule has 1 aliphatic rings. The predicted octanol–water partition coefficient (Wildman–Crippen LogP) is 2.62. The van der Waals surface area contributed by atoms with Gasteiger partial charge in [-0.25, -0.2) is 4.79 Å². The Balaban J connectivity index is 1.81. The van der Waals surface area contributed by atoms with E-state index in [4.69, 9.17) is 4.74 Å². The normalized spacial score (nSPS) is 15.4. The molecule has 2 heterocycles. The molecule has 0 unspecified atom stereocenters. The third-order valence-corrected chi connectivity index (χ3v) is 5.80. The van der Waals surface area contributed by atoms with Crippen molar-refractivity contribution in [2.24, 2.45) is 0 Å². The van der Waals surface area contributed by atoms with Crippen LogP contribution in [0.4, 0.5) is 0 Å². The number of phenols is 1. The second kappa shape index (κ2) is 9.51. The van der Waals surface area contributed by atoms with Crippen LogP contribution < -0.4 is 0 Å². The van der Waals surface area contributed by atoms with Crippen LogP contribution in [0.1, 0.15) is 23.0 Å². The zero-order chi connectivity index (χ0) is 21.8. The van der Waals surface area contributed by atoms with Crippen molar-refractivity contribution in [3.63, 3.8) is 0 Å². The molecule has 0 atom stereocenters. The number of carbonyl (C=O) groups is 1. The van der Waals surface area contributed by atoms with Crippen LogP contribution in [0.15, 0.2) is 48.5 Å². The highest BCUT2D eigenvalue weighted by Crippen LogP contribution is 2.33. The molecule has 1 saturated heterocycles. The van der Waals surface area contributed by atoms with E-state index in [1.807, 2.05) is 36.4 Å². The van der Waals surface area contributed by atoms with Gasteiger partial charge in [0.1, 0.15) is 5.75 Å². The Hall–Kier alpha value is -2.87. The van der Waals surface area contributed by atoms with Crippen molar-refractivity contribution < 1.29 is 19.7 Å². The molecule has 1 aliphatic heterocycles. The Morgan fingerprint density at radius 2 is 1.74 bits per heavy atom. The number of hydrogen-bond donors (Lipinski definition) is 2. The number of aromatic nitrogens is 1. The lowest BCUT2D eigenvalue weighted by molar-refractivity contribution is 0.0524. The molecule has 0 saturated carbocycles. The van der Waals surface area contributed by atoms with Gasteiger partial charge in [-0.1, -0.05) is 18.2 Å². The van der Waals surface area contributed by atoms with Crippen molar-refractivity contribution in [3.8, 4) is 11.4 Å². The first-order chi connectivity index (χ1) is 15.1. The zero-order valence-corrected chi connectivity index (χ0v) is 17.8. The van der Waals surface area contributed by atoms with Crippen molar-refractivity contribution in [1.29, 1.82) is 0 Å². The Bertz CT molecular complexity index is 1040. The number of fused-ring (bicyclic) bond motifs is 1. The first-order valence-electron chi connectivity index (χ1n) is 10.8. The fraction of sp³-hybridized carbons (Fsp3) is 0.375. The minimum absolute atomic E-state index is 0.118. The third kappa shape index (κ3) is 4.44. The van der Waals surface area contributed by atoms with E-state index in [2.05, 4.69) is 14.4 Å². The average molecular weight is 424 g/mol. The number of nitrogens with zero attached hydrogens (tertiary/aromatic N) is 3. The largest absolute Gasteiger partial charge is 0.508 e. The van der Waals surface area contributed by atoms with Gasteiger partial charge in [-0.05, 0) is 37.3 Å². The van der Waals surface area contributed by atoms with Crippen LogP contribution in [0.2, 0.25) is 0 Å². The molecule has 0 radical (unpaired) electrons. The molecule has 3 aromatic rings. The molecule has 0 spiro atoms. The average Bonchev–Trinajstić information content (AvgIpc) is 3.09. The van der Waals surface area contributed by atoms with Crippen LogP contribution in [0.3, 0.4) is 0 Å². The first-order valence-corrected chi connectivity index (χ1v) is 10.8. The number of aliphatic hydroxyl groups is 1. The maximum Gasteiger partial charge on any atom is 0.340 e. The van der Waals surface area contributed by atoms with E-state index in [1.165, 1.54) is 0 Å². The minimum atomic E-state index is -0.373. The maximum absolute atomic E-state index is 13.0. The summed E-state index contributed by atoms with van der Waals surface area (Å²) in [6, 6.07) is 15.1. The second-order valence-electron chi connectivity index (χ2n) is 7.76. The van der Waals surface area contributed by atoms with Crippen LogP contribution in [0.5, 0.6) is 5.75 Å². The number of carbonyl (C=O) groups excluding carboxylic acids is 1.